The molecule has 0 radical (unpaired) electrons. The van der Waals surface area contributed by atoms with Crippen LogP contribution in [0.2, 0.25) is 5.02 Å². The summed E-state index contributed by atoms with van der Waals surface area (Å²) < 4.78 is 0. The third-order valence-corrected chi connectivity index (χ3v) is 3.15. The molecule has 0 spiro atoms. The van der Waals surface area contributed by atoms with Crippen molar-refractivity contribution in [2.45, 2.75) is 6.92 Å². The van der Waals surface area contributed by atoms with E-state index in [0.29, 0.717) is 16.3 Å². The van der Waals surface area contributed by atoms with Crippen LogP contribution < -0.4 is 10.6 Å². The van der Waals surface area contributed by atoms with E-state index in [2.05, 4.69) is 15.6 Å². The van der Waals surface area contributed by atoms with Crippen molar-refractivity contribution in [2.75, 3.05) is 12.4 Å². The minimum Gasteiger partial charge on any atom is -0.355 e. The Morgan fingerprint density at radius 2 is 1.90 bits per heavy atom. The molecule has 6 heteroatoms. The monoisotopic (exact) mass is 303 g/mol. The van der Waals surface area contributed by atoms with Gasteiger partial charge in [0.1, 0.15) is 5.69 Å². The van der Waals surface area contributed by atoms with E-state index in [1.807, 2.05) is 6.92 Å². The zero-order chi connectivity index (χ0) is 15.4. The van der Waals surface area contributed by atoms with E-state index in [4.69, 9.17) is 11.6 Å². The van der Waals surface area contributed by atoms with Crippen molar-refractivity contribution in [3.63, 3.8) is 0 Å². The fraction of sp³-hybridized carbons (Fsp3) is 0.133. The molecule has 2 aromatic rings. The van der Waals surface area contributed by atoms with Crippen LogP contribution in [0.5, 0.6) is 0 Å². The lowest BCUT2D eigenvalue weighted by Gasteiger charge is -2.09. The van der Waals surface area contributed by atoms with Gasteiger partial charge >= 0.3 is 0 Å². The number of aromatic nitrogens is 1. The Labute approximate surface area is 127 Å². The molecule has 2 rings (SSSR count). The molecule has 0 aliphatic heterocycles. The summed E-state index contributed by atoms with van der Waals surface area (Å²) in [5.74, 6) is -0.527. The van der Waals surface area contributed by atoms with Crippen LogP contribution in [0.4, 0.5) is 5.69 Å². The Morgan fingerprint density at radius 1 is 1.14 bits per heavy atom. The van der Waals surface area contributed by atoms with Crippen LogP contribution in [0.3, 0.4) is 0 Å². The Bertz CT molecular complexity index is 701. The predicted molar refractivity (Wildman–Crippen MR) is 81.8 cm³/mol. The van der Waals surface area contributed by atoms with Crippen LogP contribution in [-0.2, 0) is 0 Å². The van der Waals surface area contributed by atoms with Crippen molar-refractivity contribution in [3.05, 3.63) is 58.4 Å². The predicted octanol–water partition coefficient (Wildman–Crippen LogP) is 2.66. The highest BCUT2D eigenvalue weighted by Gasteiger charge is 2.11. The number of carbonyl (C=O) groups is 2. The number of hydrogen-bond donors (Lipinski definition) is 2. The van der Waals surface area contributed by atoms with Gasteiger partial charge in [0, 0.05) is 29.5 Å². The maximum Gasteiger partial charge on any atom is 0.274 e. The second-order valence-corrected chi connectivity index (χ2v) is 4.86. The van der Waals surface area contributed by atoms with Gasteiger partial charge in [0.05, 0.1) is 0 Å². The van der Waals surface area contributed by atoms with E-state index in [9.17, 15) is 9.59 Å². The van der Waals surface area contributed by atoms with Crippen LogP contribution in [-0.4, -0.2) is 23.8 Å². The number of amides is 2. The quantitative estimate of drug-likeness (QED) is 0.915. The highest BCUT2D eigenvalue weighted by molar-refractivity contribution is 6.30. The molecule has 0 fully saturated rings. The number of hydrogen-bond acceptors (Lipinski definition) is 3. The molecule has 0 saturated carbocycles. The normalized spacial score (nSPS) is 10.0. The molecule has 0 unspecified atom stereocenters. The number of anilines is 1. The number of aryl methyl sites for hydroxylation is 1. The van der Waals surface area contributed by atoms with Crippen LogP contribution in [0.1, 0.15) is 26.4 Å². The summed E-state index contributed by atoms with van der Waals surface area (Å²) in [6.07, 6.45) is 1.47. The molecule has 0 aliphatic carbocycles. The summed E-state index contributed by atoms with van der Waals surface area (Å²) in [5, 5.41) is 5.74. The molecule has 1 aromatic carbocycles. The lowest BCUT2D eigenvalue weighted by atomic mass is 10.1. The first-order valence-corrected chi connectivity index (χ1v) is 6.64. The number of rotatable bonds is 3. The van der Waals surface area contributed by atoms with E-state index in [1.165, 1.54) is 12.3 Å². The van der Waals surface area contributed by atoms with Gasteiger partial charge in [-0.05, 0) is 42.8 Å². The maximum absolute atomic E-state index is 12.1. The van der Waals surface area contributed by atoms with Gasteiger partial charge in [-0.25, -0.2) is 0 Å². The number of nitrogens with zero attached hydrogens (tertiary/aromatic N) is 1. The van der Waals surface area contributed by atoms with Crippen molar-refractivity contribution >= 4 is 29.1 Å². The number of benzene rings is 1. The Kier molecular flexibility index (Phi) is 4.55. The largest absolute Gasteiger partial charge is 0.355 e. The standard InChI is InChI=1S/C15H14ClN3O2/c1-9-7-10(14(20)17-2)3-4-12(9)19-15(21)13-8-11(16)5-6-18-13/h3-8H,1-2H3,(H,17,20)(H,19,21). The molecule has 0 bridgehead atoms. The highest BCUT2D eigenvalue weighted by atomic mass is 35.5. The first-order valence-electron chi connectivity index (χ1n) is 6.27. The number of nitrogens with one attached hydrogen (secondary N) is 2. The van der Waals surface area contributed by atoms with E-state index in [0.717, 1.165) is 5.56 Å². The average molecular weight is 304 g/mol. The molecule has 1 aromatic heterocycles. The minimum absolute atomic E-state index is 0.174. The second kappa shape index (κ2) is 6.37. The van der Waals surface area contributed by atoms with Crippen molar-refractivity contribution < 1.29 is 9.59 Å². The highest BCUT2D eigenvalue weighted by Crippen LogP contribution is 2.18. The molecular formula is C15H14ClN3O2. The Balaban J connectivity index is 2.20. The minimum atomic E-state index is -0.353. The molecule has 1 heterocycles. The second-order valence-electron chi connectivity index (χ2n) is 4.42. The lowest BCUT2D eigenvalue weighted by Crippen LogP contribution is -2.18. The van der Waals surface area contributed by atoms with Crippen LogP contribution in [0.25, 0.3) is 0 Å². The SMILES string of the molecule is CNC(=O)c1ccc(NC(=O)c2cc(Cl)ccn2)c(C)c1. The maximum atomic E-state index is 12.1. The zero-order valence-electron chi connectivity index (χ0n) is 11.6. The molecule has 0 saturated heterocycles. The fourth-order valence-electron chi connectivity index (χ4n) is 1.80. The van der Waals surface area contributed by atoms with Gasteiger partial charge in [-0.3, -0.25) is 14.6 Å². The summed E-state index contributed by atoms with van der Waals surface area (Å²) in [5.41, 5.74) is 2.17. The van der Waals surface area contributed by atoms with Crippen LogP contribution >= 0.6 is 11.6 Å². The van der Waals surface area contributed by atoms with Gasteiger partial charge in [0.2, 0.25) is 0 Å². The van der Waals surface area contributed by atoms with E-state index >= 15 is 0 Å². The van der Waals surface area contributed by atoms with E-state index < -0.39 is 0 Å². The molecule has 0 aliphatic rings. The number of carbonyl (C=O) groups excluding carboxylic acids is 2. The van der Waals surface area contributed by atoms with Gasteiger partial charge in [-0.1, -0.05) is 11.6 Å². The molecular weight excluding hydrogens is 290 g/mol. The third-order valence-electron chi connectivity index (χ3n) is 2.92. The fourth-order valence-corrected chi connectivity index (χ4v) is 1.96. The smallest absolute Gasteiger partial charge is 0.274 e. The number of halogens is 1. The van der Waals surface area contributed by atoms with E-state index in [-0.39, 0.29) is 17.5 Å². The summed E-state index contributed by atoms with van der Waals surface area (Å²) in [6.45, 7) is 1.81. The lowest BCUT2D eigenvalue weighted by molar-refractivity contribution is 0.0962. The topological polar surface area (TPSA) is 71.1 Å². The Morgan fingerprint density at radius 3 is 2.52 bits per heavy atom. The molecule has 2 amide bonds. The Hall–Kier alpha value is -2.40. The van der Waals surface area contributed by atoms with Gasteiger partial charge in [-0.15, -0.1) is 0 Å². The van der Waals surface area contributed by atoms with Crippen LogP contribution in [0, 0.1) is 6.92 Å². The summed E-state index contributed by atoms with van der Waals surface area (Å²) in [4.78, 5) is 27.6. The summed E-state index contributed by atoms with van der Waals surface area (Å²) >= 11 is 5.83. The molecule has 108 valence electrons. The van der Waals surface area contributed by atoms with Crippen LogP contribution in [0.15, 0.2) is 36.5 Å². The van der Waals surface area contributed by atoms with Crippen molar-refractivity contribution in [1.29, 1.82) is 0 Å². The van der Waals surface area contributed by atoms with E-state index in [1.54, 1.807) is 31.3 Å². The zero-order valence-corrected chi connectivity index (χ0v) is 12.4. The molecule has 2 N–H and O–H groups in total. The first kappa shape index (κ1) is 15.0. The summed E-state index contributed by atoms with van der Waals surface area (Å²) in [6, 6.07) is 8.13. The third kappa shape index (κ3) is 3.58. The first-order chi connectivity index (χ1) is 10.0. The van der Waals surface area contributed by atoms with Gasteiger partial charge in [0.15, 0.2) is 0 Å². The van der Waals surface area contributed by atoms with Gasteiger partial charge in [-0.2, -0.15) is 0 Å². The van der Waals surface area contributed by atoms with Gasteiger partial charge in [0.25, 0.3) is 11.8 Å². The van der Waals surface area contributed by atoms with Crippen molar-refractivity contribution in [3.8, 4) is 0 Å². The molecule has 5 nitrogen and oxygen atoms in total. The summed E-state index contributed by atoms with van der Waals surface area (Å²) in [7, 11) is 1.57. The molecule has 21 heavy (non-hydrogen) atoms. The molecule has 0 atom stereocenters. The van der Waals surface area contributed by atoms with Crippen molar-refractivity contribution in [2.24, 2.45) is 0 Å². The van der Waals surface area contributed by atoms with Crippen molar-refractivity contribution in [1.82, 2.24) is 10.3 Å². The number of pyridine rings is 1. The van der Waals surface area contributed by atoms with Gasteiger partial charge < -0.3 is 10.6 Å². The average Bonchev–Trinajstić information content (AvgIpc) is 2.48.